The van der Waals surface area contributed by atoms with Gasteiger partial charge in [-0.1, -0.05) is 13.8 Å². The van der Waals surface area contributed by atoms with E-state index in [9.17, 15) is 0 Å². The average molecular weight is 202 g/mol. The van der Waals surface area contributed by atoms with E-state index in [1.165, 1.54) is 6.42 Å². The van der Waals surface area contributed by atoms with Crippen molar-refractivity contribution in [1.29, 1.82) is 0 Å². The van der Waals surface area contributed by atoms with E-state index in [2.05, 4.69) is 38.0 Å². The van der Waals surface area contributed by atoms with Crippen LogP contribution in [0, 0.1) is 0 Å². The van der Waals surface area contributed by atoms with Crippen LogP contribution >= 0.6 is 0 Å². The third-order valence-corrected chi connectivity index (χ3v) is 2.65. The van der Waals surface area contributed by atoms with Gasteiger partial charge in [-0.3, -0.25) is 4.90 Å². The maximum Gasteiger partial charge on any atom is 0.0615 e. The van der Waals surface area contributed by atoms with Gasteiger partial charge in [0, 0.05) is 25.7 Å². The minimum absolute atomic E-state index is 0.493. The van der Waals surface area contributed by atoms with Crippen LogP contribution in [0.25, 0.3) is 0 Å². The zero-order chi connectivity index (χ0) is 11.0. The molecule has 2 atom stereocenters. The Hall–Kier alpha value is -0.120. The van der Waals surface area contributed by atoms with Crippen molar-refractivity contribution in [2.75, 3.05) is 33.9 Å². The van der Waals surface area contributed by atoms with Gasteiger partial charge in [0.1, 0.15) is 0 Å². The third kappa shape index (κ3) is 5.58. The molecule has 0 aromatic carbocycles. The van der Waals surface area contributed by atoms with Crippen molar-refractivity contribution >= 4 is 0 Å². The molecule has 0 rings (SSSR count). The lowest BCUT2D eigenvalue weighted by Crippen LogP contribution is -2.43. The molecule has 14 heavy (non-hydrogen) atoms. The Morgan fingerprint density at radius 2 is 2.00 bits per heavy atom. The molecule has 0 saturated heterocycles. The molecule has 0 amide bonds. The highest BCUT2D eigenvalue weighted by molar-refractivity contribution is 4.71. The van der Waals surface area contributed by atoms with E-state index in [4.69, 9.17) is 4.74 Å². The largest absolute Gasteiger partial charge is 0.383 e. The number of methoxy groups -OCH3 is 1. The highest BCUT2D eigenvalue weighted by Crippen LogP contribution is 2.00. The average Bonchev–Trinajstić information content (AvgIpc) is 2.17. The topological polar surface area (TPSA) is 24.5 Å². The second-order valence-corrected chi connectivity index (χ2v) is 3.91. The summed E-state index contributed by atoms with van der Waals surface area (Å²) in [5, 5.41) is 3.48. The van der Waals surface area contributed by atoms with Crippen molar-refractivity contribution in [3.05, 3.63) is 0 Å². The van der Waals surface area contributed by atoms with E-state index < -0.39 is 0 Å². The summed E-state index contributed by atoms with van der Waals surface area (Å²) in [6.45, 7) is 9.52. The van der Waals surface area contributed by atoms with Gasteiger partial charge in [-0.25, -0.2) is 0 Å². The van der Waals surface area contributed by atoms with Crippen LogP contribution in [0.3, 0.4) is 0 Å². The van der Waals surface area contributed by atoms with E-state index >= 15 is 0 Å². The predicted octanol–water partition coefficient (Wildman–Crippen LogP) is 1.34. The highest BCUT2D eigenvalue weighted by Gasteiger charge is 2.13. The first-order chi connectivity index (χ1) is 6.65. The fraction of sp³-hybridized carbons (Fsp3) is 1.00. The number of nitrogens with zero attached hydrogens (tertiary/aromatic N) is 1. The maximum absolute atomic E-state index is 5.14. The van der Waals surface area contributed by atoms with Gasteiger partial charge in [0.2, 0.25) is 0 Å². The minimum Gasteiger partial charge on any atom is -0.383 e. The molecule has 1 N–H and O–H groups in total. The lowest BCUT2D eigenvalue weighted by Gasteiger charge is -2.28. The fourth-order valence-corrected chi connectivity index (χ4v) is 1.52. The molecule has 0 aliphatic heterocycles. The van der Waals surface area contributed by atoms with Gasteiger partial charge in [0.25, 0.3) is 0 Å². The summed E-state index contributed by atoms with van der Waals surface area (Å²) >= 11 is 0. The number of hydrogen-bond donors (Lipinski definition) is 1. The molecular weight excluding hydrogens is 176 g/mol. The van der Waals surface area contributed by atoms with Gasteiger partial charge in [-0.15, -0.1) is 0 Å². The Kier molecular flexibility index (Phi) is 8.14. The molecule has 0 aliphatic carbocycles. The van der Waals surface area contributed by atoms with Gasteiger partial charge >= 0.3 is 0 Å². The molecule has 3 nitrogen and oxygen atoms in total. The Morgan fingerprint density at radius 3 is 2.43 bits per heavy atom. The summed E-state index contributed by atoms with van der Waals surface area (Å²) in [6.07, 6.45) is 1.18. The summed E-state index contributed by atoms with van der Waals surface area (Å²) in [6, 6.07) is 1.09. The van der Waals surface area contributed by atoms with Gasteiger partial charge in [0.05, 0.1) is 6.61 Å². The SMILES string of the molecule is CCNC(CC)CN(C)C(C)COC. The summed E-state index contributed by atoms with van der Waals surface area (Å²) < 4.78 is 5.14. The Labute approximate surface area is 88.8 Å². The Balaban J connectivity index is 3.81. The minimum atomic E-state index is 0.493. The number of nitrogens with one attached hydrogen (secondary N) is 1. The molecule has 0 radical (unpaired) electrons. The quantitative estimate of drug-likeness (QED) is 0.643. The number of hydrogen-bond acceptors (Lipinski definition) is 3. The molecule has 0 saturated carbocycles. The number of likely N-dealkylation sites (N-methyl/N-ethyl adjacent to an activating group) is 2. The van der Waals surface area contributed by atoms with Crippen molar-refractivity contribution in [2.45, 2.75) is 39.3 Å². The van der Waals surface area contributed by atoms with Crippen LogP contribution in [0.4, 0.5) is 0 Å². The molecule has 0 bridgehead atoms. The van der Waals surface area contributed by atoms with Crippen molar-refractivity contribution in [3.63, 3.8) is 0 Å². The van der Waals surface area contributed by atoms with E-state index in [0.717, 1.165) is 19.7 Å². The van der Waals surface area contributed by atoms with Crippen molar-refractivity contribution < 1.29 is 4.74 Å². The lowest BCUT2D eigenvalue weighted by atomic mass is 10.2. The molecule has 2 unspecified atom stereocenters. The van der Waals surface area contributed by atoms with Crippen LogP contribution in [0.5, 0.6) is 0 Å². The molecule has 0 aliphatic rings. The molecule has 0 aromatic rings. The smallest absolute Gasteiger partial charge is 0.0615 e. The van der Waals surface area contributed by atoms with E-state index in [0.29, 0.717) is 12.1 Å². The number of ether oxygens (including phenoxy) is 1. The molecule has 0 spiro atoms. The monoisotopic (exact) mass is 202 g/mol. The molecular formula is C11H26N2O. The van der Waals surface area contributed by atoms with Crippen molar-refractivity contribution in [1.82, 2.24) is 10.2 Å². The highest BCUT2D eigenvalue weighted by atomic mass is 16.5. The predicted molar refractivity (Wildman–Crippen MR) is 61.7 cm³/mol. The third-order valence-electron chi connectivity index (χ3n) is 2.65. The lowest BCUT2D eigenvalue weighted by molar-refractivity contribution is 0.109. The van der Waals surface area contributed by atoms with Crippen LogP contribution in [-0.2, 0) is 4.74 Å². The summed E-state index contributed by atoms with van der Waals surface area (Å²) in [4.78, 5) is 2.35. The molecule has 3 heteroatoms. The standard InChI is InChI=1S/C11H26N2O/c1-6-11(12-7-2)8-13(4)10(3)9-14-5/h10-12H,6-9H2,1-5H3. The van der Waals surface area contributed by atoms with Crippen molar-refractivity contribution in [2.24, 2.45) is 0 Å². The van der Waals surface area contributed by atoms with Crippen LogP contribution < -0.4 is 5.32 Å². The zero-order valence-electron chi connectivity index (χ0n) is 10.3. The Bertz CT molecular complexity index is 130. The zero-order valence-corrected chi connectivity index (χ0v) is 10.3. The first kappa shape index (κ1) is 13.9. The first-order valence-electron chi connectivity index (χ1n) is 5.58. The van der Waals surface area contributed by atoms with Gasteiger partial charge < -0.3 is 10.1 Å². The number of rotatable bonds is 8. The van der Waals surface area contributed by atoms with Gasteiger partial charge in [-0.2, -0.15) is 0 Å². The summed E-state index contributed by atoms with van der Waals surface area (Å²) in [5.74, 6) is 0. The fourth-order valence-electron chi connectivity index (χ4n) is 1.52. The second kappa shape index (κ2) is 8.21. The van der Waals surface area contributed by atoms with Crippen LogP contribution in [0.2, 0.25) is 0 Å². The van der Waals surface area contributed by atoms with E-state index in [1.807, 2.05) is 0 Å². The van der Waals surface area contributed by atoms with Gasteiger partial charge in [-0.05, 0) is 26.9 Å². The second-order valence-electron chi connectivity index (χ2n) is 3.91. The van der Waals surface area contributed by atoms with Crippen LogP contribution in [0.1, 0.15) is 27.2 Å². The summed E-state index contributed by atoms with van der Waals surface area (Å²) in [5.41, 5.74) is 0. The molecule has 0 fully saturated rings. The van der Waals surface area contributed by atoms with Crippen molar-refractivity contribution in [3.8, 4) is 0 Å². The molecule has 0 heterocycles. The Morgan fingerprint density at radius 1 is 1.36 bits per heavy atom. The van der Waals surface area contributed by atoms with Crippen LogP contribution in [-0.4, -0.2) is 50.8 Å². The van der Waals surface area contributed by atoms with E-state index in [1.54, 1.807) is 7.11 Å². The van der Waals surface area contributed by atoms with E-state index in [-0.39, 0.29) is 0 Å². The summed E-state index contributed by atoms with van der Waals surface area (Å²) in [7, 11) is 3.91. The first-order valence-corrected chi connectivity index (χ1v) is 5.58. The maximum atomic E-state index is 5.14. The molecule has 86 valence electrons. The van der Waals surface area contributed by atoms with Gasteiger partial charge in [0.15, 0.2) is 0 Å². The normalized spacial score (nSPS) is 15.9. The molecule has 0 aromatic heterocycles. The van der Waals surface area contributed by atoms with Crippen LogP contribution in [0.15, 0.2) is 0 Å².